The summed E-state index contributed by atoms with van der Waals surface area (Å²) in [5, 5.41) is 24.1. The lowest BCUT2D eigenvalue weighted by atomic mass is 10.3. The summed E-state index contributed by atoms with van der Waals surface area (Å²) in [6.07, 6.45) is 0. The highest BCUT2D eigenvalue weighted by Gasteiger charge is 2.30. The van der Waals surface area contributed by atoms with Gasteiger partial charge in [-0.3, -0.25) is 4.90 Å². The van der Waals surface area contributed by atoms with Crippen LogP contribution >= 0.6 is 0 Å². The van der Waals surface area contributed by atoms with Crippen molar-refractivity contribution in [3.05, 3.63) is 106 Å². The number of rotatable bonds is 3. The summed E-state index contributed by atoms with van der Waals surface area (Å²) >= 11 is 0. The fourth-order valence-corrected chi connectivity index (χ4v) is 2.80. The van der Waals surface area contributed by atoms with E-state index in [1.165, 1.54) is 0 Å². The number of hydrogen-bond donors (Lipinski definition) is 2. The molecule has 0 amide bonds. The van der Waals surface area contributed by atoms with Crippen molar-refractivity contribution in [3.8, 4) is 0 Å². The number of hydrogen-bond acceptors (Lipinski definition) is 6. The SMILES string of the molecule is O=[N+]([O-])[O-].c1ccc(NC2=N[NH+](c3ccccc3)CN2c2ccccc2)cc1. The summed E-state index contributed by atoms with van der Waals surface area (Å²) in [4.78, 5) is 10.5. The first kappa shape index (κ1) is 18.9. The van der Waals surface area contributed by atoms with Crippen LogP contribution in [0.3, 0.4) is 0 Å². The molecule has 0 aromatic heterocycles. The van der Waals surface area contributed by atoms with Crippen LogP contribution in [0.4, 0.5) is 17.1 Å². The molecule has 0 spiro atoms. The minimum absolute atomic E-state index is 0.753. The third kappa shape index (κ3) is 5.05. The Labute approximate surface area is 162 Å². The molecule has 0 bridgehead atoms. The van der Waals surface area contributed by atoms with Crippen molar-refractivity contribution < 1.29 is 10.1 Å². The monoisotopic (exact) mass is 377 g/mol. The first-order chi connectivity index (χ1) is 13.6. The van der Waals surface area contributed by atoms with Crippen LogP contribution in [0.25, 0.3) is 0 Å². The second kappa shape index (κ2) is 9.15. The third-order valence-corrected chi connectivity index (χ3v) is 4.01. The lowest BCUT2D eigenvalue weighted by Gasteiger charge is -2.18. The van der Waals surface area contributed by atoms with Gasteiger partial charge in [-0.1, -0.05) is 54.6 Å². The van der Waals surface area contributed by atoms with Gasteiger partial charge in [-0.25, -0.2) is 0 Å². The Morgan fingerprint density at radius 1 is 0.857 bits per heavy atom. The van der Waals surface area contributed by atoms with Gasteiger partial charge in [-0.15, -0.1) is 0 Å². The second-order valence-corrected chi connectivity index (χ2v) is 5.88. The molecule has 1 heterocycles. The number of nitrogens with zero attached hydrogens (tertiary/aromatic N) is 3. The summed E-state index contributed by atoms with van der Waals surface area (Å²) in [5.41, 5.74) is 3.32. The van der Waals surface area contributed by atoms with E-state index in [1.807, 2.05) is 54.6 Å². The van der Waals surface area contributed by atoms with Gasteiger partial charge in [0, 0.05) is 23.5 Å². The van der Waals surface area contributed by atoms with Crippen LogP contribution in [0.5, 0.6) is 0 Å². The lowest BCUT2D eigenvalue weighted by molar-refractivity contribution is -0.832. The standard InChI is InChI=1S/C20H18N4.NO3/c1-4-10-17(11-5-1)21-20-22-24(19-14-8-3-9-15-19)16-23(20)18-12-6-2-7-13-18;2-1(3)4/h1-15H,16H2,(H,21,22);/q;-1/p+1. The van der Waals surface area contributed by atoms with Crippen molar-refractivity contribution in [2.75, 3.05) is 16.9 Å². The molecule has 2 N–H and O–H groups in total. The van der Waals surface area contributed by atoms with Gasteiger partial charge in [0.15, 0.2) is 12.4 Å². The maximum atomic E-state index is 8.25. The molecule has 142 valence electrons. The summed E-state index contributed by atoms with van der Waals surface area (Å²) in [5.74, 6) is 0.853. The fourth-order valence-electron chi connectivity index (χ4n) is 2.80. The normalized spacial score (nSPS) is 15.2. The molecule has 0 saturated carbocycles. The first-order valence-electron chi connectivity index (χ1n) is 8.59. The molecule has 1 aliphatic heterocycles. The van der Waals surface area contributed by atoms with Crippen molar-refractivity contribution in [1.82, 2.24) is 0 Å². The van der Waals surface area contributed by atoms with Gasteiger partial charge < -0.3 is 20.6 Å². The van der Waals surface area contributed by atoms with E-state index in [4.69, 9.17) is 20.4 Å². The molecule has 28 heavy (non-hydrogen) atoms. The number of nitrogens with one attached hydrogen (secondary N) is 2. The van der Waals surface area contributed by atoms with Crippen molar-refractivity contribution in [3.63, 3.8) is 0 Å². The summed E-state index contributed by atoms with van der Waals surface area (Å²) < 4.78 is 0. The number of para-hydroxylation sites is 3. The molecule has 0 aliphatic carbocycles. The summed E-state index contributed by atoms with van der Waals surface area (Å²) in [6.45, 7) is 0.753. The molecule has 1 atom stereocenters. The van der Waals surface area contributed by atoms with Gasteiger partial charge in [-0.05, 0) is 29.4 Å². The van der Waals surface area contributed by atoms with E-state index in [0.717, 1.165) is 34.7 Å². The molecular weight excluding hydrogens is 358 g/mol. The van der Waals surface area contributed by atoms with E-state index >= 15 is 0 Å². The zero-order valence-corrected chi connectivity index (χ0v) is 14.9. The maximum absolute atomic E-state index is 8.25. The topological polar surface area (TPSA) is 98.3 Å². The molecule has 3 aromatic carbocycles. The highest BCUT2D eigenvalue weighted by atomic mass is 16.9. The quantitative estimate of drug-likeness (QED) is 0.540. The Balaban J connectivity index is 0.000000516. The summed E-state index contributed by atoms with van der Waals surface area (Å²) in [7, 11) is 0. The van der Waals surface area contributed by atoms with Crippen molar-refractivity contribution in [2.45, 2.75) is 0 Å². The predicted octanol–water partition coefficient (Wildman–Crippen LogP) is 2.82. The van der Waals surface area contributed by atoms with E-state index in [2.05, 4.69) is 46.6 Å². The average Bonchev–Trinajstić information content (AvgIpc) is 3.13. The lowest BCUT2D eigenvalue weighted by Crippen LogP contribution is -3.02. The molecule has 0 fully saturated rings. The highest BCUT2D eigenvalue weighted by molar-refractivity contribution is 6.05. The molecule has 0 saturated heterocycles. The van der Waals surface area contributed by atoms with Crippen LogP contribution in [0, 0.1) is 15.3 Å². The van der Waals surface area contributed by atoms with Gasteiger partial charge in [0.05, 0.1) is 5.09 Å². The van der Waals surface area contributed by atoms with Gasteiger partial charge >= 0.3 is 0 Å². The number of benzene rings is 3. The van der Waals surface area contributed by atoms with Gasteiger partial charge in [-0.2, -0.15) is 5.01 Å². The largest absolute Gasteiger partial charge is 0.356 e. The zero-order chi connectivity index (χ0) is 19.8. The molecule has 1 aliphatic rings. The summed E-state index contributed by atoms with van der Waals surface area (Å²) in [6, 6.07) is 30.8. The van der Waals surface area contributed by atoms with E-state index < -0.39 is 5.09 Å². The second-order valence-electron chi connectivity index (χ2n) is 5.88. The first-order valence-corrected chi connectivity index (χ1v) is 8.59. The molecule has 0 radical (unpaired) electrons. The van der Waals surface area contributed by atoms with Crippen molar-refractivity contribution in [1.29, 1.82) is 0 Å². The van der Waals surface area contributed by atoms with Crippen LogP contribution in [0.2, 0.25) is 0 Å². The Hall–Kier alpha value is -3.91. The van der Waals surface area contributed by atoms with E-state index in [9.17, 15) is 0 Å². The predicted molar refractivity (Wildman–Crippen MR) is 109 cm³/mol. The van der Waals surface area contributed by atoms with Crippen molar-refractivity contribution in [2.24, 2.45) is 5.10 Å². The number of anilines is 2. The molecular formula is C20H19N5O3. The van der Waals surface area contributed by atoms with Crippen LogP contribution in [0.15, 0.2) is 96.1 Å². The Morgan fingerprint density at radius 2 is 1.36 bits per heavy atom. The van der Waals surface area contributed by atoms with Crippen LogP contribution in [0.1, 0.15) is 0 Å². The average molecular weight is 377 g/mol. The minimum Gasteiger partial charge on any atom is -0.356 e. The Kier molecular flexibility index (Phi) is 6.17. The van der Waals surface area contributed by atoms with Gasteiger partial charge in [0.1, 0.15) is 0 Å². The minimum atomic E-state index is -1.75. The molecule has 4 rings (SSSR count). The van der Waals surface area contributed by atoms with Crippen molar-refractivity contribution >= 4 is 23.0 Å². The third-order valence-electron chi connectivity index (χ3n) is 4.01. The number of quaternary nitrogens is 1. The Morgan fingerprint density at radius 3 is 1.93 bits per heavy atom. The van der Waals surface area contributed by atoms with E-state index in [0.29, 0.717) is 0 Å². The van der Waals surface area contributed by atoms with Gasteiger partial charge in [0.25, 0.3) is 5.96 Å². The molecule has 1 unspecified atom stereocenters. The van der Waals surface area contributed by atoms with Crippen LogP contribution < -0.4 is 15.2 Å². The van der Waals surface area contributed by atoms with E-state index in [1.54, 1.807) is 0 Å². The number of guanidine groups is 1. The molecule has 8 heteroatoms. The van der Waals surface area contributed by atoms with Crippen LogP contribution in [-0.4, -0.2) is 17.7 Å². The fraction of sp³-hybridized carbons (Fsp3) is 0.0500. The van der Waals surface area contributed by atoms with Gasteiger partial charge in [0.2, 0.25) is 0 Å². The zero-order valence-electron chi connectivity index (χ0n) is 14.9. The van der Waals surface area contributed by atoms with Crippen LogP contribution in [-0.2, 0) is 0 Å². The molecule has 3 aromatic rings. The smallest absolute Gasteiger partial charge is 0.266 e. The highest BCUT2D eigenvalue weighted by Crippen LogP contribution is 2.17. The maximum Gasteiger partial charge on any atom is 0.266 e. The Bertz CT molecular complexity index is 916. The molecule has 8 nitrogen and oxygen atoms in total. The van der Waals surface area contributed by atoms with E-state index in [-0.39, 0.29) is 0 Å².